The summed E-state index contributed by atoms with van der Waals surface area (Å²) in [5.74, 6) is -0.358. The molecule has 2 aliphatic heterocycles. The second kappa shape index (κ2) is 8.68. The number of benzene rings is 1. The second-order valence-electron chi connectivity index (χ2n) is 8.29. The predicted octanol–water partition coefficient (Wildman–Crippen LogP) is 3.41. The molecule has 0 aliphatic carbocycles. The molecule has 2 saturated heterocycles. The molecule has 0 N–H and O–H groups in total. The Hall–Kier alpha value is -3.38. The number of methoxy groups -OCH3 is 2. The van der Waals surface area contributed by atoms with Crippen LogP contribution < -0.4 is 9.47 Å². The maximum atomic E-state index is 14.0. The monoisotopic (exact) mass is 492 g/mol. The van der Waals surface area contributed by atoms with Gasteiger partial charge in [-0.2, -0.15) is 18.3 Å². The summed E-state index contributed by atoms with van der Waals surface area (Å²) >= 11 is 0. The van der Waals surface area contributed by atoms with Crippen molar-refractivity contribution in [3.63, 3.8) is 0 Å². The predicted molar refractivity (Wildman–Crippen MR) is 116 cm³/mol. The van der Waals surface area contributed by atoms with Gasteiger partial charge in [-0.25, -0.2) is 9.50 Å². The zero-order valence-corrected chi connectivity index (χ0v) is 19.1. The van der Waals surface area contributed by atoms with E-state index in [4.69, 9.17) is 18.9 Å². The van der Waals surface area contributed by atoms with Gasteiger partial charge in [0.2, 0.25) is 0 Å². The van der Waals surface area contributed by atoms with Crippen LogP contribution in [-0.2, 0) is 15.7 Å². The van der Waals surface area contributed by atoms with E-state index in [0.717, 1.165) is 6.07 Å². The Morgan fingerprint density at radius 1 is 1.03 bits per heavy atom. The van der Waals surface area contributed by atoms with Crippen LogP contribution in [0, 0.1) is 0 Å². The number of alkyl halides is 3. The van der Waals surface area contributed by atoms with Crippen LogP contribution in [0.5, 0.6) is 11.5 Å². The van der Waals surface area contributed by atoms with Crippen molar-refractivity contribution in [3.05, 3.63) is 41.7 Å². The molecule has 0 bridgehead atoms. The molecule has 0 unspecified atom stereocenters. The van der Waals surface area contributed by atoms with Gasteiger partial charge in [-0.15, -0.1) is 0 Å². The number of ether oxygens (including phenoxy) is 4. The SMILES string of the molecule is COc1ccc(-c2cc(C(F)(F)F)n3nc(C(=O)N4CCC5(CC4)OCCO5)cc3n2)cc1OC. The van der Waals surface area contributed by atoms with Crippen molar-refractivity contribution in [2.45, 2.75) is 24.8 Å². The van der Waals surface area contributed by atoms with E-state index in [1.807, 2.05) is 0 Å². The lowest BCUT2D eigenvalue weighted by Crippen LogP contribution is -2.47. The zero-order chi connectivity index (χ0) is 24.8. The third-order valence-corrected chi connectivity index (χ3v) is 6.24. The molecule has 0 atom stereocenters. The molecule has 0 saturated carbocycles. The number of hydrogen-bond acceptors (Lipinski definition) is 7. The summed E-state index contributed by atoms with van der Waals surface area (Å²) < 4.78 is 64.3. The Morgan fingerprint density at radius 3 is 2.34 bits per heavy atom. The van der Waals surface area contributed by atoms with Gasteiger partial charge >= 0.3 is 6.18 Å². The van der Waals surface area contributed by atoms with E-state index >= 15 is 0 Å². The first-order chi connectivity index (χ1) is 16.7. The molecular formula is C23H23F3N4O5. The molecule has 3 aromatic rings. The van der Waals surface area contributed by atoms with Crippen LogP contribution in [0.1, 0.15) is 29.0 Å². The first-order valence-corrected chi connectivity index (χ1v) is 11.0. The van der Waals surface area contributed by atoms with Gasteiger partial charge < -0.3 is 23.8 Å². The summed E-state index contributed by atoms with van der Waals surface area (Å²) in [5, 5.41) is 3.97. The molecule has 1 spiro atoms. The standard InChI is InChI=1S/C23H23F3N4O5/c1-32-17-4-3-14(11-18(17)33-2)15-12-19(23(24,25)26)30-20(27-15)13-16(28-30)21(31)29-7-5-22(6-8-29)34-9-10-35-22/h3-4,11-13H,5-10H2,1-2H3. The van der Waals surface area contributed by atoms with E-state index in [-0.39, 0.29) is 17.0 Å². The molecule has 186 valence electrons. The van der Waals surface area contributed by atoms with Crippen LogP contribution in [0.2, 0.25) is 0 Å². The van der Waals surface area contributed by atoms with Crippen molar-refractivity contribution in [3.8, 4) is 22.8 Å². The number of carbonyl (C=O) groups is 1. The molecule has 12 heteroatoms. The highest BCUT2D eigenvalue weighted by Crippen LogP contribution is 2.36. The van der Waals surface area contributed by atoms with E-state index in [2.05, 4.69) is 10.1 Å². The number of piperidine rings is 1. The van der Waals surface area contributed by atoms with Crippen molar-refractivity contribution in [1.82, 2.24) is 19.5 Å². The number of fused-ring (bicyclic) bond motifs is 1. The maximum Gasteiger partial charge on any atom is 0.433 e. The molecule has 2 aliphatic rings. The average Bonchev–Trinajstić information content (AvgIpc) is 3.49. The van der Waals surface area contributed by atoms with Gasteiger partial charge in [0.15, 0.2) is 34.3 Å². The van der Waals surface area contributed by atoms with Crippen molar-refractivity contribution >= 4 is 11.6 Å². The number of rotatable bonds is 4. The molecule has 1 aromatic carbocycles. The van der Waals surface area contributed by atoms with E-state index < -0.39 is 23.6 Å². The molecule has 35 heavy (non-hydrogen) atoms. The number of carbonyl (C=O) groups excluding carboxylic acids is 1. The Kier molecular flexibility index (Phi) is 5.80. The summed E-state index contributed by atoms with van der Waals surface area (Å²) in [4.78, 5) is 19.0. The summed E-state index contributed by atoms with van der Waals surface area (Å²) in [6.45, 7) is 1.72. The molecular weight excluding hydrogens is 469 g/mol. The van der Waals surface area contributed by atoms with E-state index in [0.29, 0.717) is 60.7 Å². The summed E-state index contributed by atoms with van der Waals surface area (Å²) in [6.07, 6.45) is -3.75. The van der Waals surface area contributed by atoms with Gasteiger partial charge in [0.1, 0.15) is 0 Å². The van der Waals surface area contributed by atoms with E-state index in [1.165, 1.54) is 26.4 Å². The van der Waals surface area contributed by atoms with Crippen molar-refractivity contribution < 1.29 is 36.9 Å². The van der Waals surface area contributed by atoms with Crippen LogP contribution in [0.4, 0.5) is 13.2 Å². The average molecular weight is 492 g/mol. The van der Waals surface area contributed by atoms with Gasteiger partial charge in [-0.3, -0.25) is 4.79 Å². The number of amides is 1. The largest absolute Gasteiger partial charge is 0.493 e. The normalized spacial score (nSPS) is 17.8. The van der Waals surface area contributed by atoms with Gasteiger partial charge in [-0.1, -0.05) is 0 Å². The first-order valence-electron chi connectivity index (χ1n) is 11.0. The topological polar surface area (TPSA) is 87.4 Å². The highest BCUT2D eigenvalue weighted by molar-refractivity contribution is 5.93. The molecule has 9 nitrogen and oxygen atoms in total. The minimum Gasteiger partial charge on any atom is -0.493 e. The maximum absolute atomic E-state index is 14.0. The number of likely N-dealkylation sites (tertiary alicyclic amines) is 1. The van der Waals surface area contributed by atoms with Crippen LogP contribution >= 0.6 is 0 Å². The minimum atomic E-state index is -4.73. The van der Waals surface area contributed by atoms with Gasteiger partial charge in [0.05, 0.1) is 33.1 Å². The zero-order valence-electron chi connectivity index (χ0n) is 19.1. The molecule has 2 aromatic heterocycles. The van der Waals surface area contributed by atoms with Crippen molar-refractivity contribution in [2.24, 2.45) is 0 Å². The number of aromatic nitrogens is 3. The minimum absolute atomic E-state index is 0.0557. The fourth-order valence-corrected chi connectivity index (χ4v) is 4.42. The van der Waals surface area contributed by atoms with Gasteiger partial charge in [0.25, 0.3) is 5.91 Å². The lowest BCUT2D eigenvalue weighted by molar-refractivity contribution is -0.181. The molecule has 0 radical (unpaired) electrons. The first kappa shape index (κ1) is 23.4. The molecule has 5 rings (SSSR count). The fourth-order valence-electron chi connectivity index (χ4n) is 4.42. The van der Waals surface area contributed by atoms with Crippen LogP contribution in [-0.4, -0.2) is 71.7 Å². The summed E-state index contributed by atoms with van der Waals surface area (Å²) in [5.41, 5.74) is -0.806. The molecule has 4 heterocycles. The Balaban J connectivity index is 1.50. The Morgan fingerprint density at radius 2 is 1.71 bits per heavy atom. The van der Waals surface area contributed by atoms with Gasteiger partial charge in [-0.05, 0) is 24.3 Å². The van der Waals surface area contributed by atoms with Crippen LogP contribution in [0.25, 0.3) is 16.9 Å². The Bertz CT molecular complexity index is 1260. The lowest BCUT2D eigenvalue weighted by Gasteiger charge is -2.37. The summed E-state index contributed by atoms with van der Waals surface area (Å²) in [7, 11) is 2.89. The quantitative estimate of drug-likeness (QED) is 0.552. The molecule has 1 amide bonds. The third-order valence-electron chi connectivity index (χ3n) is 6.24. The highest BCUT2D eigenvalue weighted by Gasteiger charge is 2.41. The lowest BCUT2D eigenvalue weighted by atomic mass is 10.0. The van der Waals surface area contributed by atoms with Crippen LogP contribution in [0.15, 0.2) is 30.3 Å². The smallest absolute Gasteiger partial charge is 0.433 e. The number of hydrogen-bond donors (Lipinski definition) is 0. The molecule has 2 fully saturated rings. The summed E-state index contributed by atoms with van der Waals surface area (Å²) in [6, 6.07) is 6.87. The number of halogens is 3. The van der Waals surface area contributed by atoms with Gasteiger partial charge in [0, 0.05) is 37.6 Å². The highest BCUT2D eigenvalue weighted by atomic mass is 19.4. The fraction of sp³-hybridized carbons (Fsp3) is 0.435. The van der Waals surface area contributed by atoms with Crippen molar-refractivity contribution in [1.29, 1.82) is 0 Å². The Labute approximate surface area is 198 Å². The van der Waals surface area contributed by atoms with Crippen LogP contribution in [0.3, 0.4) is 0 Å². The third kappa shape index (κ3) is 4.27. The van der Waals surface area contributed by atoms with E-state index in [9.17, 15) is 18.0 Å². The van der Waals surface area contributed by atoms with Crippen molar-refractivity contribution in [2.75, 3.05) is 40.5 Å². The number of nitrogens with zero attached hydrogens (tertiary/aromatic N) is 4. The second-order valence-corrected chi connectivity index (χ2v) is 8.29. The van der Waals surface area contributed by atoms with E-state index in [1.54, 1.807) is 17.0 Å².